The van der Waals surface area contributed by atoms with Gasteiger partial charge in [-0.1, -0.05) is 26.8 Å². The molecule has 1 heterocycles. The van der Waals surface area contributed by atoms with Crippen molar-refractivity contribution in [3.63, 3.8) is 0 Å². The van der Waals surface area contributed by atoms with E-state index in [4.69, 9.17) is 0 Å². The number of hydrogen-bond acceptors (Lipinski definition) is 5. The summed E-state index contributed by atoms with van der Waals surface area (Å²) in [7, 11) is 3.35. The van der Waals surface area contributed by atoms with Gasteiger partial charge in [-0.25, -0.2) is 8.78 Å². The minimum Gasteiger partial charge on any atom is -0.342 e. The van der Waals surface area contributed by atoms with Crippen molar-refractivity contribution in [1.29, 1.82) is 0 Å². The van der Waals surface area contributed by atoms with Crippen LogP contribution in [0.1, 0.15) is 34.1 Å². The standard InChI is InChI=1S/C22H33F2N5O3/c1-12(25-5)19(30)28-18(22(2,3)4)21(32)29-11-13(26-6)10-16(29)20(31)27-17-14(23)8-7-9-15(17)24/h7-9,12-13,16,18,25-26H,10-11H2,1-6H3,(H,27,31)(H,28,30). The lowest BCUT2D eigenvalue weighted by Crippen LogP contribution is -2.59. The molecule has 1 aliphatic rings. The minimum absolute atomic E-state index is 0.187. The molecule has 0 aromatic heterocycles. The molecule has 178 valence electrons. The number of nitrogens with zero attached hydrogens (tertiary/aromatic N) is 1. The first-order valence-corrected chi connectivity index (χ1v) is 10.6. The van der Waals surface area contributed by atoms with Gasteiger partial charge in [-0.05, 0) is 45.0 Å². The third-order valence-electron chi connectivity index (χ3n) is 5.73. The van der Waals surface area contributed by atoms with Crippen molar-refractivity contribution >= 4 is 23.4 Å². The van der Waals surface area contributed by atoms with Crippen molar-refractivity contribution in [3.05, 3.63) is 29.8 Å². The van der Waals surface area contributed by atoms with Crippen molar-refractivity contribution in [2.45, 2.75) is 58.3 Å². The molecule has 1 aliphatic heterocycles. The smallest absolute Gasteiger partial charge is 0.247 e. The molecule has 4 atom stereocenters. The van der Waals surface area contributed by atoms with E-state index in [0.717, 1.165) is 12.1 Å². The van der Waals surface area contributed by atoms with Gasteiger partial charge in [0.25, 0.3) is 0 Å². The molecule has 0 radical (unpaired) electrons. The van der Waals surface area contributed by atoms with E-state index in [1.807, 2.05) is 20.8 Å². The number of likely N-dealkylation sites (tertiary alicyclic amines) is 1. The average Bonchev–Trinajstić information content (AvgIpc) is 3.17. The Bertz CT molecular complexity index is 838. The van der Waals surface area contributed by atoms with Gasteiger partial charge in [0, 0.05) is 12.6 Å². The van der Waals surface area contributed by atoms with E-state index in [2.05, 4.69) is 21.3 Å². The second-order valence-electron chi connectivity index (χ2n) is 9.13. The van der Waals surface area contributed by atoms with Gasteiger partial charge < -0.3 is 26.2 Å². The molecule has 4 N–H and O–H groups in total. The summed E-state index contributed by atoms with van der Waals surface area (Å²) in [6.07, 6.45) is 0.266. The highest BCUT2D eigenvalue weighted by atomic mass is 19.1. The average molecular weight is 454 g/mol. The zero-order chi connectivity index (χ0) is 24.2. The van der Waals surface area contributed by atoms with E-state index in [1.165, 1.54) is 11.0 Å². The van der Waals surface area contributed by atoms with Crippen molar-refractivity contribution in [2.75, 3.05) is 26.0 Å². The van der Waals surface area contributed by atoms with Crippen molar-refractivity contribution in [2.24, 2.45) is 5.41 Å². The monoisotopic (exact) mass is 453 g/mol. The Morgan fingerprint density at radius 1 is 1.12 bits per heavy atom. The van der Waals surface area contributed by atoms with Gasteiger partial charge in [-0.2, -0.15) is 0 Å². The molecular weight excluding hydrogens is 420 g/mol. The molecule has 0 aliphatic carbocycles. The summed E-state index contributed by atoms with van der Waals surface area (Å²) < 4.78 is 28.1. The van der Waals surface area contributed by atoms with E-state index >= 15 is 0 Å². The van der Waals surface area contributed by atoms with Crippen LogP contribution in [0.25, 0.3) is 0 Å². The molecular formula is C22H33F2N5O3. The minimum atomic E-state index is -0.956. The first kappa shape index (κ1) is 25.7. The second kappa shape index (κ2) is 10.4. The van der Waals surface area contributed by atoms with E-state index < -0.39 is 52.7 Å². The summed E-state index contributed by atoms with van der Waals surface area (Å²) in [5, 5.41) is 10.9. The SMILES string of the molecule is CNC1CC(C(=O)Nc2c(F)cccc2F)N(C(=O)C(NC(=O)C(C)NC)C(C)(C)C)C1. The third kappa shape index (κ3) is 5.80. The molecule has 1 fully saturated rings. The number of hydrogen-bond donors (Lipinski definition) is 4. The summed E-state index contributed by atoms with van der Waals surface area (Å²) >= 11 is 0. The number of nitrogens with one attached hydrogen (secondary N) is 4. The number of rotatable bonds is 7. The fraction of sp³-hybridized carbons (Fsp3) is 0.591. The zero-order valence-corrected chi connectivity index (χ0v) is 19.4. The fourth-order valence-corrected chi connectivity index (χ4v) is 3.57. The Kier molecular flexibility index (Phi) is 8.30. The lowest BCUT2D eigenvalue weighted by atomic mass is 9.85. The van der Waals surface area contributed by atoms with Gasteiger partial charge in [0.05, 0.1) is 6.04 Å². The Morgan fingerprint density at radius 2 is 1.72 bits per heavy atom. The van der Waals surface area contributed by atoms with Crippen LogP contribution in [0.15, 0.2) is 18.2 Å². The predicted molar refractivity (Wildman–Crippen MR) is 118 cm³/mol. The maximum Gasteiger partial charge on any atom is 0.247 e. The van der Waals surface area contributed by atoms with E-state index in [9.17, 15) is 23.2 Å². The third-order valence-corrected chi connectivity index (χ3v) is 5.73. The summed E-state index contributed by atoms with van der Waals surface area (Å²) in [5.74, 6) is -3.27. The first-order valence-electron chi connectivity index (χ1n) is 10.6. The number of anilines is 1. The predicted octanol–water partition coefficient (Wildman–Crippen LogP) is 1.23. The van der Waals surface area contributed by atoms with Crippen LogP contribution in [-0.4, -0.2) is 67.4 Å². The largest absolute Gasteiger partial charge is 0.342 e. The van der Waals surface area contributed by atoms with Crippen molar-refractivity contribution < 1.29 is 23.2 Å². The topological polar surface area (TPSA) is 103 Å². The lowest BCUT2D eigenvalue weighted by molar-refractivity contribution is -0.143. The van der Waals surface area contributed by atoms with Gasteiger partial charge in [-0.15, -0.1) is 0 Å². The molecule has 3 amide bonds. The van der Waals surface area contributed by atoms with Gasteiger partial charge in [0.15, 0.2) is 0 Å². The summed E-state index contributed by atoms with van der Waals surface area (Å²) in [5.41, 5.74) is -1.20. The molecule has 32 heavy (non-hydrogen) atoms. The number of amides is 3. The van der Waals surface area contributed by atoms with Gasteiger partial charge in [0.1, 0.15) is 29.4 Å². The number of halogens is 2. The molecule has 0 bridgehead atoms. The van der Waals surface area contributed by atoms with Crippen LogP contribution >= 0.6 is 0 Å². The summed E-state index contributed by atoms with van der Waals surface area (Å²) in [6.45, 7) is 7.34. The van der Waals surface area contributed by atoms with Crippen LogP contribution in [0.5, 0.6) is 0 Å². The van der Waals surface area contributed by atoms with Gasteiger partial charge in [-0.3, -0.25) is 14.4 Å². The highest BCUT2D eigenvalue weighted by Gasteiger charge is 2.45. The maximum atomic E-state index is 14.0. The molecule has 0 saturated carbocycles. The normalized spacial score (nSPS) is 20.6. The zero-order valence-electron chi connectivity index (χ0n) is 19.4. The first-order chi connectivity index (χ1) is 14.9. The quantitative estimate of drug-likeness (QED) is 0.498. The lowest BCUT2D eigenvalue weighted by Gasteiger charge is -2.36. The molecule has 0 spiro atoms. The highest BCUT2D eigenvalue weighted by molar-refractivity contribution is 5.99. The van der Waals surface area contributed by atoms with Crippen molar-refractivity contribution in [3.8, 4) is 0 Å². The van der Waals surface area contributed by atoms with Crippen LogP contribution in [0, 0.1) is 17.0 Å². The van der Waals surface area contributed by atoms with Gasteiger partial charge >= 0.3 is 0 Å². The number of benzene rings is 1. The number of carbonyl (C=O) groups excluding carboxylic acids is 3. The Morgan fingerprint density at radius 3 is 2.22 bits per heavy atom. The second-order valence-corrected chi connectivity index (χ2v) is 9.13. The van der Waals surface area contributed by atoms with Crippen LogP contribution in [0.4, 0.5) is 14.5 Å². The molecule has 10 heteroatoms. The molecule has 1 aromatic carbocycles. The number of carbonyl (C=O) groups is 3. The maximum absolute atomic E-state index is 14.0. The van der Waals surface area contributed by atoms with Crippen LogP contribution in [0.3, 0.4) is 0 Å². The number of para-hydroxylation sites is 1. The van der Waals surface area contributed by atoms with Crippen LogP contribution in [-0.2, 0) is 14.4 Å². The fourth-order valence-electron chi connectivity index (χ4n) is 3.57. The molecule has 4 unspecified atom stereocenters. The molecule has 2 rings (SSSR count). The van der Waals surface area contributed by atoms with Crippen LogP contribution < -0.4 is 21.3 Å². The summed E-state index contributed by atoms with van der Waals surface area (Å²) in [6, 6.07) is 0.726. The van der Waals surface area contributed by atoms with E-state index in [1.54, 1.807) is 21.0 Å². The van der Waals surface area contributed by atoms with Crippen molar-refractivity contribution in [1.82, 2.24) is 20.9 Å². The highest BCUT2D eigenvalue weighted by Crippen LogP contribution is 2.27. The molecule has 1 aromatic rings. The Hall–Kier alpha value is -2.59. The molecule has 8 nitrogen and oxygen atoms in total. The Labute approximate surface area is 187 Å². The van der Waals surface area contributed by atoms with E-state index in [0.29, 0.717) is 0 Å². The summed E-state index contributed by atoms with van der Waals surface area (Å²) in [4.78, 5) is 40.4. The van der Waals surface area contributed by atoms with Gasteiger partial charge in [0.2, 0.25) is 17.7 Å². The molecule has 1 saturated heterocycles. The number of likely N-dealkylation sites (N-methyl/N-ethyl adjacent to an activating group) is 2. The van der Waals surface area contributed by atoms with E-state index in [-0.39, 0.29) is 24.9 Å². The Balaban J connectivity index is 2.31. The van der Waals surface area contributed by atoms with Crippen LogP contribution in [0.2, 0.25) is 0 Å².